The molecule has 0 aliphatic heterocycles. The second-order valence-electron chi connectivity index (χ2n) is 7.49. The van der Waals surface area contributed by atoms with E-state index in [2.05, 4.69) is 32.7 Å². The van der Waals surface area contributed by atoms with Crippen LogP contribution in [0.5, 0.6) is 0 Å². The molecule has 0 radical (unpaired) electrons. The molecule has 1 aromatic carbocycles. The Morgan fingerprint density at radius 1 is 1.08 bits per heavy atom. The minimum Gasteiger partial charge on any atom is -1.00 e. The third-order valence-electron chi connectivity index (χ3n) is 5.99. The zero-order valence-corrected chi connectivity index (χ0v) is 18.3. The number of halogens is 1. The van der Waals surface area contributed by atoms with Crippen molar-refractivity contribution in [2.45, 2.75) is 58.0 Å². The van der Waals surface area contributed by atoms with Gasteiger partial charge in [0.05, 0.1) is 33.1 Å². The van der Waals surface area contributed by atoms with E-state index >= 15 is 0 Å². The van der Waals surface area contributed by atoms with Crippen molar-refractivity contribution in [1.82, 2.24) is 0 Å². The molecule has 0 bridgehead atoms. The SMILES string of the molecule is CC[N+](C)(CC)CCC#CC(O)(c1ccccc1)C1CCCCC1.[I-]. The van der Waals surface area contributed by atoms with E-state index in [1.165, 1.54) is 19.3 Å². The van der Waals surface area contributed by atoms with Gasteiger partial charge in [-0.05, 0) is 32.3 Å². The molecule has 3 heteroatoms. The van der Waals surface area contributed by atoms with Gasteiger partial charge < -0.3 is 33.6 Å². The number of rotatable bonds is 6. The van der Waals surface area contributed by atoms with E-state index in [9.17, 15) is 5.11 Å². The average molecular weight is 455 g/mol. The quantitative estimate of drug-likeness (QED) is 0.390. The maximum absolute atomic E-state index is 11.5. The molecule has 1 aliphatic rings. The molecule has 1 aliphatic carbocycles. The molecule has 2 nitrogen and oxygen atoms in total. The molecule has 140 valence electrons. The van der Waals surface area contributed by atoms with Gasteiger partial charge in [-0.25, -0.2) is 0 Å². The number of aliphatic hydroxyl groups is 1. The highest BCUT2D eigenvalue weighted by Crippen LogP contribution is 2.39. The molecule has 0 saturated heterocycles. The predicted molar refractivity (Wildman–Crippen MR) is 101 cm³/mol. The van der Waals surface area contributed by atoms with Crippen molar-refractivity contribution in [1.29, 1.82) is 0 Å². The Morgan fingerprint density at radius 2 is 1.68 bits per heavy atom. The first-order chi connectivity index (χ1) is 11.5. The largest absolute Gasteiger partial charge is 1.00 e. The first-order valence-corrected chi connectivity index (χ1v) is 9.65. The van der Waals surface area contributed by atoms with Crippen LogP contribution in [0.2, 0.25) is 0 Å². The lowest BCUT2D eigenvalue weighted by molar-refractivity contribution is -0.905. The van der Waals surface area contributed by atoms with E-state index in [0.717, 1.165) is 48.9 Å². The maximum Gasteiger partial charge on any atom is 0.153 e. The summed E-state index contributed by atoms with van der Waals surface area (Å²) in [5.74, 6) is 6.89. The fourth-order valence-electron chi connectivity index (χ4n) is 3.69. The minimum atomic E-state index is -0.983. The number of benzene rings is 1. The molecule has 1 N–H and O–H groups in total. The Morgan fingerprint density at radius 3 is 2.24 bits per heavy atom. The summed E-state index contributed by atoms with van der Waals surface area (Å²) in [6.07, 6.45) is 6.72. The lowest BCUT2D eigenvalue weighted by atomic mass is 9.73. The van der Waals surface area contributed by atoms with Gasteiger partial charge in [0.15, 0.2) is 5.60 Å². The van der Waals surface area contributed by atoms with Crippen LogP contribution in [0.25, 0.3) is 0 Å². The predicted octanol–water partition coefficient (Wildman–Crippen LogP) is 1.34. The van der Waals surface area contributed by atoms with Crippen LogP contribution in [0.15, 0.2) is 30.3 Å². The molecule has 1 unspecified atom stereocenters. The van der Waals surface area contributed by atoms with E-state index in [0.29, 0.717) is 0 Å². The standard InChI is InChI=1S/C22H34NO.HI/c1-4-23(3,5-2)19-13-12-18-22(24,20-14-8-6-9-15-20)21-16-10-7-11-17-21;/h6,8-9,14-15,21,24H,4-5,7,10-11,13,16-17,19H2,1-3H3;1H/q+1;/p-1. The molecule has 0 heterocycles. The van der Waals surface area contributed by atoms with Crippen LogP contribution in [-0.2, 0) is 5.60 Å². The van der Waals surface area contributed by atoms with E-state index in [-0.39, 0.29) is 29.9 Å². The number of hydrogen-bond donors (Lipinski definition) is 1. The molecule has 0 spiro atoms. The Hall–Kier alpha value is -0.570. The topological polar surface area (TPSA) is 20.2 Å². The van der Waals surface area contributed by atoms with Gasteiger partial charge in [0, 0.05) is 5.92 Å². The summed E-state index contributed by atoms with van der Waals surface area (Å²) in [5.41, 5.74) is -0.0172. The van der Waals surface area contributed by atoms with Gasteiger partial charge in [-0.2, -0.15) is 0 Å². The van der Waals surface area contributed by atoms with Crippen LogP contribution in [0.1, 0.15) is 57.9 Å². The Bertz CT molecular complexity index is 552. The molecular formula is C22H34INO. The summed E-state index contributed by atoms with van der Waals surface area (Å²) >= 11 is 0. The highest BCUT2D eigenvalue weighted by molar-refractivity contribution is 5.33. The smallest absolute Gasteiger partial charge is 0.153 e. The average Bonchev–Trinajstić information content (AvgIpc) is 2.66. The fraction of sp³-hybridized carbons (Fsp3) is 0.636. The summed E-state index contributed by atoms with van der Waals surface area (Å²) in [7, 11) is 2.28. The first kappa shape index (κ1) is 22.5. The van der Waals surface area contributed by atoms with Gasteiger partial charge in [0.2, 0.25) is 0 Å². The molecule has 1 aromatic rings. The second-order valence-corrected chi connectivity index (χ2v) is 7.49. The third kappa shape index (κ3) is 5.98. The zero-order valence-electron chi connectivity index (χ0n) is 16.1. The van der Waals surface area contributed by atoms with Crippen molar-refractivity contribution in [3.8, 4) is 11.8 Å². The van der Waals surface area contributed by atoms with Crippen LogP contribution >= 0.6 is 0 Å². The molecule has 25 heavy (non-hydrogen) atoms. The van der Waals surface area contributed by atoms with Crippen LogP contribution < -0.4 is 24.0 Å². The van der Waals surface area contributed by atoms with Gasteiger partial charge in [0.25, 0.3) is 0 Å². The molecule has 0 amide bonds. The summed E-state index contributed by atoms with van der Waals surface area (Å²) < 4.78 is 1.04. The Kier molecular flexibility index (Phi) is 9.48. The van der Waals surface area contributed by atoms with Crippen LogP contribution in [0.4, 0.5) is 0 Å². The summed E-state index contributed by atoms with van der Waals surface area (Å²) in [6.45, 7) is 7.78. The van der Waals surface area contributed by atoms with Crippen molar-refractivity contribution in [3.05, 3.63) is 35.9 Å². The fourth-order valence-corrected chi connectivity index (χ4v) is 3.69. The van der Waals surface area contributed by atoms with Gasteiger partial charge >= 0.3 is 0 Å². The minimum absolute atomic E-state index is 0. The van der Waals surface area contributed by atoms with Crippen molar-refractivity contribution in [2.24, 2.45) is 5.92 Å². The number of hydrogen-bond acceptors (Lipinski definition) is 1. The lowest BCUT2D eigenvalue weighted by Crippen LogP contribution is -3.00. The monoisotopic (exact) mass is 455 g/mol. The van der Waals surface area contributed by atoms with E-state index in [4.69, 9.17) is 0 Å². The van der Waals surface area contributed by atoms with Crippen LogP contribution in [0, 0.1) is 17.8 Å². The van der Waals surface area contributed by atoms with E-state index in [1.807, 2.05) is 30.3 Å². The molecule has 2 rings (SSSR count). The second kappa shape index (κ2) is 10.5. The molecule has 1 saturated carbocycles. The maximum atomic E-state index is 11.5. The van der Waals surface area contributed by atoms with E-state index < -0.39 is 5.60 Å². The van der Waals surface area contributed by atoms with Crippen molar-refractivity contribution in [3.63, 3.8) is 0 Å². The lowest BCUT2D eigenvalue weighted by Gasteiger charge is -2.35. The number of nitrogens with zero attached hydrogens (tertiary/aromatic N) is 1. The summed E-state index contributed by atoms with van der Waals surface area (Å²) in [4.78, 5) is 0. The van der Waals surface area contributed by atoms with Gasteiger partial charge in [-0.1, -0.05) is 61.4 Å². The van der Waals surface area contributed by atoms with E-state index in [1.54, 1.807) is 0 Å². The van der Waals surface area contributed by atoms with Gasteiger partial charge in [-0.3, -0.25) is 0 Å². The number of quaternary nitrogens is 1. The molecule has 0 aromatic heterocycles. The molecular weight excluding hydrogens is 421 g/mol. The van der Waals surface area contributed by atoms with Crippen molar-refractivity contribution in [2.75, 3.05) is 26.7 Å². The van der Waals surface area contributed by atoms with Crippen LogP contribution in [-0.4, -0.2) is 36.3 Å². The van der Waals surface area contributed by atoms with Crippen molar-refractivity contribution < 1.29 is 33.6 Å². The zero-order chi connectivity index (χ0) is 17.5. The Balaban J connectivity index is 0.00000312. The molecule has 1 fully saturated rings. The highest BCUT2D eigenvalue weighted by Gasteiger charge is 2.37. The van der Waals surface area contributed by atoms with Gasteiger partial charge in [-0.15, -0.1) is 0 Å². The summed E-state index contributed by atoms with van der Waals surface area (Å²) in [6, 6.07) is 10.1. The highest BCUT2D eigenvalue weighted by atomic mass is 127. The van der Waals surface area contributed by atoms with Crippen LogP contribution in [0.3, 0.4) is 0 Å². The van der Waals surface area contributed by atoms with Gasteiger partial charge in [0.1, 0.15) is 0 Å². The Labute approximate surface area is 171 Å². The molecule has 1 atom stereocenters. The normalized spacial score (nSPS) is 17.8. The third-order valence-corrected chi connectivity index (χ3v) is 5.99. The summed E-state index contributed by atoms with van der Waals surface area (Å²) in [5, 5.41) is 11.5. The first-order valence-electron chi connectivity index (χ1n) is 9.65. The van der Waals surface area contributed by atoms with Crippen molar-refractivity contribution >= 4 is 0 Å².